The molecule has 138 valence electrons. The summed E-state index contributed by atoms with van der Waals surface area (Å²) in [5, 5.41) is 0.926. The van der Waals surface area contributed by atoms with Gasteiger partial charge in [0.05, 0.1) is 10.7 Å². The van der Waals surface area contributed by atoms with E-state index in [1.54, 1.807) is 23.1 Å². The van der Waals surface area contributed by atoms with E-state index in [1.165, 1.54) is 0 Å². The molecule has 0 aromatic heterocycles. The van der Waals surface area contributed by atoms with Crippen molar-refractivity contribution in [2.24, 2.45) is 0 Å². The number of anilines is 1. The number of rotatable bonds is 2. The van der Waals surface area contributed by atoms with Gasteiger partial charge < -0.3 is 0 Å². The molecule has 0 saturated heterocycles. The summed E-state index contributed by atoms with van der Waals surface area (Å²) in [4.78, 5) is 27.7. The second kappa shape index (κ2) is 7.14. The van der Waals surface area contributed by atoms with Crippen molar-refractivity contribution >= 4 is 40.6 Å². The average molecular weight is 400 g/mol. The number of hydrogen-bond donors (Lipinski definition) is 0. The molecule has 0 fully saturated rings. The number of halogens is 2. The van der Waals surface area contributed by atoms with Gasteiger partial charge in [-0.25, -0.2) is 0 Å². The van der Waals surface area contributed by atoms with Gasteiger partial charge in [-0.3, -0.25) is 14.5 Å². The number of allylic oxidation sites excluding steroid dienone is 2. The molecule has 1 aliphatic carbocycles. The number of aryl methyl sites for hydroxylation is 1. The van der Waals surface area contributed by atoms with Crippen LogP contribution in [0, 0.1) is 6.92 Å². The smallest absolute Gasteiger partial charge is 0.232 e. The van der Waals surface area contributed by atoms with E-state index in [9.17, 15) is 9.59 Å². The summed E-state index contributed by atoms with van der Waals surface area (Å²) in [6, 6.07) is 13.1. The zero-order chi connectivity index (χ0) is 19.1. The van der Waals surface area contributed by atoms with E-state index in [0.29, 0.717) is 28.6 Å². The van der Waals surface area contributed by atoms with Gasteiger partial charge in [0.25, 0.3) is 0 Å². The molecule has 5 heteroatoms. The van der Waals surface area contributed by atoms with Crippen LogP contribution < -0.4 is 4.90 Å². The Bertz CT molecular complexity index is 980. The Morgan fingerprint density at radius 3 is 2.56 bits per heavy atom. The third kappa shape index (κ3) is 3.19. The van der Waals surface area contributed by atoms with Gasteiger partial charge in [-0.05, 0) is 49.1 Å². The number of ketones is 1. The Morgan fingerprint density at radius 2 is 1.81 bits per heavy atom. The molecule has 1 unspecified atom stereocenters. The number of benzene rings is 2. The first kappa shape index (κ1) is 18.3. The van der Waals surface area contributed by atoms with Crippen LogP contribution in [0.5, 0.6) is 0 Å². The summed E-state index contributed by atoms with van der Waals surface area (Å²) in [7, 11) is 0. The second-order valence-corrected chi connectivity index (χ2v) is 7.92. The van der Waals surface area contributed by atoms with Crippen molar-refractivity contribution in [3.63, 3.8) is 0 Å². The summed E-state index contributed by atoms with van der Waals surface area (Å²) >= 11 is 12.4. The monoisotopic (exact) mass is 399 g/mol. The van der Waals surface area contributed by atoms with Crippen LogP contribution in [-0.4, -0.2) is 11.7 Å². The molecule has 2 aromatic carbocycles. The van der Waals surface area contributed by atoms with Crippen molar-refractivity contribution in [3.8, 4) is 0 Å². The van der Waals surface area contributed by atoms with E-state index < -0.39 is 0 Å². The van der Waals surface area contributed by atoms with E-state index in [-0.39, 0.29) is 24.0 Å². The number of nitrogens with zero attached hydrogens (tertiary/aromatic N) is 1. The average Bonchev–Trinajstić information content (AvgIpc) is 2.63. The second-order valence-electron chi connectivity index (χ2n) is 7.08. The molecule has 1 atom stereocenters. The largest absolute Gasteiger partial charge is 0.294 e. The number of hydrogen-bond acceptors (Lipinski definition) is 2. The minimum atomic E-state index is -0.191. The zero-order valence-corrected chi connectivity index (χ0v) is 16.5. The van der Waals surface area contributed by atoms with Gasteiger partial charge in [0.1, 0.15) is 0 Å². The number of carbonyl (C=O) groups is 2. The Kier molecular flexibility index (Phi) is 4.83. The minimum Gasteiger partial charge on any atom is -0.294 e. The van der Waals surface area contributed by atoms with Crippen molar-refractivity contribution in [2.75, 3.05) is 4.90 Å². The van der Waals surface area contributed by atoms with Gasteiger partial charge in [0.15, 0.2) is 5.78 Å². The minimum absolute atomic E-state index is 0.0408. The molecule has 2 aromatic rings. The third-order valence-electron chi connectivity index (χ3n) is 5.39. The third-order valence-corrected chi connectivity index (χ3v) is 5.93. The number of amides is 1. The predicted octanol–water partition coefficient (Wildman–Crippen LogP) is 5.83. The molecule has 0 saturated carbocycles. The molecule has 0 radical (unpaired) electrons. The summed E-state index contributed by atoms with van der Waals surface area (Å²) < 4.78 is 0. The molecule has 27 heavy (non-hydrogen) atoms. The van der Waals surface area contributed by atoms with Crippen LogP contribution in [0.2, 0.25) is 10.0 Å². The maximum Gasteiger partial charge on any atom is 0.232 e. The first-order valence-electron chi connectivity index (χ1n) is 9.07. The highest BCUT2D eigenvalue weighted by Gasteiger charge is 2.40. The first-order chi connectivity index (χ1) is 13.0. The standard InChI is InChI=1S/C22H19Cl2NO2/c1-13-5-2-3-6-15(13)16-12-21(27)25(18-10-9-14(23)11-17(18)24)19-7-4-8-20(26)22(16)19/h2-3,5-6,9-11,16H,4,7-8,12H2,1H3. The van der Waals surface area contributed by atoms with Crippen molar-refractivity contribution < 1.29 is 9.59 Å². The highest BCUT2D eigenvalue weighted by Crippen LogP contribution is 2.45. The molecule has 0 N–H and O–H groups in total. The highest BCUT2D eigenvalue weighted by atomic mass is 35.5. The summed E-state index contributed by atoms with van der Waals surface area (Å²) in [5.74, 6) is -0.100. The Labute approximate surface area is 168 Å². The fraction of sp³-hybridized carbons (Fsp3) is 0.273. The normalized spacial score (nSPS) is 20.1. The van der Waals surface area contributed by atoms with Gasteiger partial charge in [0, 0.05) is 35.1 Å². The van der Waals surface area contributed by atoms with Crippen molar-refractivity contribution in [3.05, 3.63) is 74.9 Å². The number of Topliss-reactive ketones (excluding diaryl/α,β-unsaturated/α-hetero) is 1. The van der Waals surface area contributed by atoms with Gasteiger partial charge in [-0.1, -0.05) is 47.5 Å². The Balaban J connectivity index is 1.90. The molecular formula is C22H19Cl2NO2. The van der Waals surface area contributed by atoms with Crippen LogP contribution in [0.3, 0.4) is 0 Å². The highest BCUT2D eigenvalue weighted by molar-refractivity contribution is 6.37. The van der Waals surface area contributed by atoms with Crippen molar-refractivity contribution in [2.45, 2.75) is 38.5 Å². The lowest BCUT2D eigenvalue weighted by Gasteiger charge is -2.39. The van der Waals surface area contributed by atoms with Gasteiger partial charge in [-0.15, -0.1) is 0 Å². The van der Waals surface area contributed by atoms with Gasteiger partial charge >= 0.3 is 0 Å². The van der Waals surface area contributed by atoms with Crippen LogP contribution in [0.25, 0.3) is 0 Å². The topological polar surface area (TPSA) is 37.4 Å². The first-order valence-corrected chi connectivity index (χ1v) is 9.82. The lowest BCUT2D eigenvalue weighted by atomic mass is 9.76. The SMILES string of the molecule is Cc1ccccc1C1CC(=O)N(c2ccc(Cl)cc2Cl)C2=C1C(=O)CCC2. The van der Waals surface area contributed by atoms with Crippen LogP contribution in [0.4, 0.5) is 5.69 Å². The molecule has 0 bridgehead atoms. The fourth-order valence-electron chi connectivity index (χ4n) is 4.18. The predicted molar refractivity (Wildman–Crippen MR) is 108 cm³/mol. The van der Waals surface area contributed by atoms with Gasteiger partial charge in [0.2, 0.25) is 5.91 Å². The van der Waals surface area contributed by atoms with E-state index in [4.69, 9.17) is 23.2 Å². The summed E-state index contributed by atoms with van der Waals surface area (Å²) in [6.07, 6.45) is 2.22. The van der Waals surface area contributed by atoms with Crippen LogP contribution in [0.1, 0.15) is 42.7 Å². The quantitative estimate of drug-likeness (QED) is 0.636. The lowest BCUT2D eigenvalue weighted by molar-refractivity contribution is -0.119. The summed E-state index contributed by atoms with van der Waals surface area (Å²) in [6.45, 7) is 2.02. The van der Waals surface area contributed by atoms with Crippen LogP contribution in [0.15, 0.2) is 53.7 Å². The van der Waals surface area contributed by atoms with E-state index in [1.807, 2.05) is 31.2 Å². The maximum absolute atomic E-state index is 13.2. The molecule has 1 aliphatic heterocycles. The zero-order valence-electron chi connectivity index (χ0n) is 15.0. The lowest BCUT2D eigenvalue weighted by Crippen LogP contribution is -2.40. The van der Waals surface area contributed by atoms with Crippen LogP contribution in [-0.2, 0) is 9.59 Å². The molecular weight excluding hydrogens is 381 g/mol. The fourth-order valence-corrected chi connectivity index (χ4v) is 4.67. The van der Waals surface area contributed by atoms with E-state index >= 15 is 0 Å². The van der Waals surface area contributed by atoms with Crippen molar-refractivity contribution in [1.29, 1.82) is 0 Å². The molecule has 0 spiro atoms. The van der Waals surface area contributed by atoms with Crippen molar-refractivity contribution in [1.82, 2.24) is 0 Å². The van der Waals surface area contributed by atoms with Crippen LogP contribution >= 0.6 is 23.2 Å². The van der Waals surface area contributed by atoms with E-state index in [0.717, 1.165) is 28.8 Å². The van der Waals surface area contributed by atoms with Gasteiger partial charge in [-0.2, -0.15) is 0 Å². The number of carbonyl (C=O) groups excluding carboxylic acids is 2. The molecule has 4 rings (SSSR count). The Hall–Kier alpha value is -2.10. The molecule has 1 heterocycles. The molecule has 3 nitrogen and oxygen atoms in total. The molecule has 1 amide bonds. The molecule has 2 aliphatic rings. The Morgan fingerprint density at radius 1 is 1.04 bits per heavy atom. The maximum atomic E-state index is 13.2. The summed E-state index contributed by atoms with van der Waals surface area (Å²) in [5.41, 5.74) is 4.30. The van der Waals surface area contributed by atoms with E-state index in [2.05, 4.69) is 0 Å².